The molecule has 0 aliphatic heterocycles. The lowest BCUT2D eigenvalue weighted by molar-refractivity contribution is -0.165. The molecule has 0 amide bonds. The van der Waals surface area contributed by atoms with Gasteiger partial charge >= 0.3 is 11.9 Å². The van der Waals surface area contributed by atoms with Crippen LogP contribution in [0.2, 0.25) is 5.02 Å². The van der Waals surface area contributed by atoms with E-state index >= 15 is 0 Å². The number of carbonyl (C=O) groups is 3. The average molecular weight is 465 g/mol. The SMILES string of the molecule is O=C(CCC(CCCc1ccccc1)(C(=O)O)C(=O)O)c1ccc(-c2ccc(Cl)cc2)cc1. The van der Waals surface area contributed by atoms with Gasteiger partial charge in [0.15, 0.2) is 11.2 Å². The predicted molar refractivity (Wildman–Crippen MR) is 128 cm³/mol. The Morgan fingerprint density at radius 2 is 1.27 bits per heavy atom. The number of aryl methyl sites for hydroxylation is 1. The van der Waals surface area contributed by atoms with Crippen LogP contribution in [0.25, 0.3) is 11.1 Å². The highest BCUT2D eigenvalue weighted by atomic mass is 35.5. The van der Waals surface area contributed by atoms with Crippen molar-refractivity contribution in [2.45, 2.75) is 32.1 Å². The first-order chi connectivity index (χ1) is 15.8. The Labute approximate surface area is 197 Å². The van der Waals surface area contributed by atoms with Gasteiger partial charge in [-0.2, -0.15) is 0 Å². The molecule has 0 spiro atoms. The predicted octanol–water partition coefficient (Wildman–Crippen LogP) is 6.15. The van der Waals surface area contributed by atoms with Gasteiger partial charge in [0.25, 0.3) is 0 Å². The van der Waals surface area contributed by atoms with Crippen molar-refractivity contribution in [2.75, 3.05) is 0 Å². The number of ketones is 1. The lowest BCUT2D eigenvalue weighted by atomic mass is 9.77. The Morgan fingerprint density at radius 1 is 0.727 bits per heavy atom. The summed E-state index contributed by atoms with van der Waals surface area (Å²) in [6, 6.07) is 23.8. The first-order valence-corrected chi connectivity index (χ1v) is 11.1. The van der Waals surface area contributed by atoms with Crippen LogP contribution in [0, 0.1) is 5.41 Å². The van der Waals surface area contributed by atoms with Gasteiger partial charge in [-0.1, -0.05) is 78.3 Å². The fourth-order valence-electron chi connectivity index (χ4n) is 3.85. The Kier molecular flexibility index (Phi) is 8.01. The highest BCUT2D eigenvalue weighted by Gasteiger charge is 2.46. The Hall–Kier alpha value is -3.44. The van der Waals surface area contributed by atoms with Gasteiger partial charge in [-0.3, -0.25) is 14.4 Å². The molecule has 0 fully saturated rings. The van der Waals surface area contributed by atoms with E-state index in [4.69, 9.17) is 11.6 Å². The largest absolute Gasteiger partial charge is 0.480 e. The minimum absolute atomic E-state index is 0.0463. The Bertz CT molecular complexity index is 1090. The number of halogens is 1. The summed E-state index contributed by atoms with van der Waals surface area (Å²) in [5.41, 5.74) is 1.30. The molecule has 0 radical (unpaired) electrons. The van der Waals surface area contributed by atoms with Crippen LogP contribution >= 0.6 is 11.6 Å². The number of hydrogen-bond acceptors (Lipinski definition) is 3. The number of hydrogen-bond donors (Lipinski definition) is 2. The zero-order chi connectivity index (χ0) is 23.8. The molecule has 0 aliphatic rings. The van der Waals surface area contributed by atoms with E-state index in [0.717, 1.165) is 16.7 Å². The zero-order valence-corrected chi connectivity index (χ0v) is 18.8. The first kappa shape index (κ1) is 24.2. The second-order valence-corrected chi connectivity index (χ2v) is 8.48. The van der Waals surface area contributed by atoms with Crippen LogP contribution in [-0.4, -0.2) is 27.9 Å². The van der Waals surface area contributed by atoms with Crippen LogP contribution in [0.4, 0.5) is 0 Å². The third kappa shape index (κ3) is 6.08. The van der Waals surface area contributed by atoms with E-state index in [1.807, 2.05) is 42.5 Å². The smallest absolute Gasteiger partial charge is 0.321 e. The third-order valence-electron chi connectivity index (χ3n) is 5.89. The molecule has 3 aromatic rings. The van der Waals surface area contributed by atoms with E-state index in [1.165, 1.54) is 0 Å². The number of carboxylic acids is 2. The highest BCUT2D eigenvalue weighted by Crippen LogP contribution is 2.33. The molecule has 0 bridgehead atoms. The number of benzene rings is 3. The van der Waals surface area contributed by atoms with Gasteiger partial charge in [-0.05, 0) is 54.5 Å². The van der Waals surface area contributed by atoms with Crippen molar-refractivity contribution >= 4 is 29.3 Å². The minimum Gasteiger partial charge on any atom is -0.480 e. The molecule has 2 N–H and O–H groups in total. The molecular weight excluding hydrogens is 440 g/mol. The molecule has 3 rings (SSSR count). The third-order valence-corrected chi connectivity index (χ3v) is 6.15. The van der Waals surface area contributed by atoms with Gasteiger partial charge in [0.2, 0.25) is 0 Å². The van der Waals surface area contributed by atoms with E-state index in [2.05, 4.69) is 0 Å². The van der Waals surface area contributed by atoms with E-state index in [-0.39, 0.29) is 25.0 Å². The molecule has 0 heterocycles. The summed E-state index contributed by atoms with van der Waals surface area (Å²) in [4.78, 5) is 36.7. The Morgan fingerprint density at radius 3 is 1.82 bits per heavy atom. The second kappa shape index (κ2) is 10.9. The number of aliphatic carboxylic acids is 2. The average Bonchev–Trinajstić information content (AvgIpc) is 2.82. The number of carboxylic acid groups (broad SMARTS) is 2. The number of Topliss-reactive ketones (excluding diaryl/α,β-unsaturated/α-hetero) is 1. The van der Waals surface area contributed by atoms with E-state index in [0.29, 0.717) is 23.4 Å². The van der Waals surface area contributed by atoms with E-state index in [9.17, 15) is 24.6 Å². The normalized spacial score (nSPS) is 11.2. The summed E-state index contributed by atoms with van der Waals surface area (Å²) in [5.74, 6) is -3.10. The van der Waals surface area contributed by atoms with Gasteiger partial charge in [0.05, 0.1) is 0 Å². The van der Waals surface area contributed by atoms with Crippen molar-refractivity contribution in [3.8, 4) is 11.1 Å². The first-order valence-electron chi connectivity index (χ1n) is 10.7. The van der Waals surface area contributed by atoms with Crippen LogP contribution in [0.15, 0.2) is 78.9 Å². The Balaban J connectivity index is 1.66. The fourth-order valence-corrected chi connectivity index (χ4v) is 3.97. The molecule has 0 unspecified atom stereocenters. The molecule has 0 atom stereocenters. The molecule has 33 heavy (non-hydrogen) atoms. The van der Waals surface area contributed by atoms with Gasteiger partial charge in [-0.15, -0.1) is 0 Å². The van der Waals surface area contributed by atoms with Crippen molar-refractivity contribution in [3.63, 3.8) is 0 Å². The maximum Gasteiger partial charge on any atom is 0.321 e. The summed E-state index contributed by atoms with van der Waals surface area (Å²) < 4.78 is 0. The summed E-state index contributed by atoms with van der Waals surface area (Å²) in [5, 5.41) is 20.1. The standard InChI is InChI=1S/C27H25ClO5/c28-23-14-12-21(13-15-23)20-8-10-22(11-9-20)24(29)16-18-27(25(30)31,26(32)33)17-4-7-19-5-2-1-3-6-19/h1-3,5-6,8-15H,4,7,16-18H2,(H,30,31)(H,32,33). The topological polar surface area (TPSA) is 91.7 Å². The molecule has 0 aliphatic carbocycles. The van der Waals surface area contributed by atoms with Gasteiger partial charge in [0, 0.05) is 17.0 Å². The molecule has 0 aromatic heterocycles. The maximum absolute atomic E-state index is 12.7. The fraction of sp³-hybridized carbons (Fsp3) is 0.222. The minimum atomic E-state index is -1.99. The van der Waals surface area contributed by atoms with Crippen LogP contribution < -0.4 is 0 Å². The molecule has 170 valence electrons. The van der Waals surface area contributed by atoms with Crippen molar-refractivity contribution in [1.29, 1.82) is 0 Å². The summed E-state index contributed by atoms with van der Waals surface area (Å²) >= 11 is 5.92. The van der Waals surface area contributed by atoms with Crippen molar-refractivity contribution in [1.82, 2.24) is 0 Å². The van der Waals surface area contributed by atoms with Crippen LogP contribution in [0.3, 0.4) is 0 Å². The van der Waals surface area contributed by atoms with Crippen molar-refractivity contribution < 1.29 is 24.6 Å². The van der Waals surface area contributed by atoms with Gasteiger partial charge in [0.1, 0.15) is 0 Å². The molecule has 6 heteroatoms. The highest BCUT2D eigenvalue weighted by molar-refractivity contribution is 6.30. The maximum atomic E-state index is 12.7. The zero-order valence-electron chi connectivity index (χ0n) is 18.0. The summed E-state index contributed by atoms with van der Waals surface area (Å²) in [7, 11) is 0. The summed E-state index contributed by atoms with van der Waals surface area (Å²) in [6.45, 7) is 0. The molecule has 3 aromatic carbocycles. The molecule has 0 saturated heterocycles. The molecule has 5 nitrogen and oxygen atoms in total. The molecule has 0 saturated carbocycles. The molecular formula is C27H25ClO5. The van der Waals surface area contributed by atoms with Crippen molar-refractivity contribution in [3.05, 3.63) is 95.0 Å². The summed E-state index contributed by atoms with van der Waals surface area (Å²) in [6.07, 6.45) is 0.500. The van der Waals surface area contributed by atoms with Crippen molar-refractivity contribution in [2.24, 2.45) is 5.41 Å². The van der Waals surface area contributed by atoms with Gasteiger partial charge in [-0.25, -0.2) is 0 Å². The van der Waals surface area contributed by atoms with Crippen LogP contribution in [0.5, 0.6) is 0 Å². The number of rotatable bonds is 11. The lowest BCUT2D eigenvalue weighted by Crippen LogP contribution is -2.40. The van der Waals surface area contributed by atoms with E-state index in [1.54, 1.807) is 36.4 Å². The van der Waals surface area contributed by atoms with E-state index < -0.39 is 17.4 Å². The quantitative estimate of drug-likeness (QED) is 0.262. The number of carbonyl (C=O) groups excluding carboxylic acids is 1. The monoisotopic (exact) mass is 464 g/mol. The second-order valence-electron chi connectivity index (χ2n) is 8.04. The van der Waals surface area contributed by atoms with Crippen LogP contribution in [0.1, 0.15) is 41.6 Å². The van der Waals surface area contributed by atoms with Crippen LogP contribution in [-0.2, 0) is 16.0 Å². The van der Waals surface area contributed by atoms with Gasteiger partial charge < -0.3 is 10.2 Å². The lowest BCUT2D eigenvalue weighted by Gasteiger charge is -2.24.